The first kappa shape index (κ1) is 21.0. The molecule has 0 saturated carbocycles. The van der Waals surface area contributed by atoms with E-state index in [2.05, 4.69) is 17.2 Å². The highest BCUT2D eigenvalue weighted by Crippen LogP contribution is 2.33. The molecule has 5 nitrogen and oxygen atoms in total. The fourth-order valence-electron chi connectivity index (χ4n) is 2.93. The van der Waals surface area contributed by atoms with Crippen LogP contribution in [0.15, 0.2) is 46.3 Å². The van der Waals surface area contributed by atoms with Gasteiger partial charge < -0.3 is 14.8 Å². The third-order valence-electron chi connectivity index (χ3n) is 4.33. The molecule has 2 aromatic rings. The van der Waals surface area contributed by atoms with Crippen LogP contribution in [0, 0.1) is 13.8 Å². The zero-order chi connectivity index (χ0) is 20.8. The van der Waals surface area contributed by atoms with E-state index in [-0.39, 0.29) is 5.91 Å². The highest BCUT2D eigenvalue weighted by Gasteiger charge is 2.24. The van der Waals surface area contributed by atoms with Crippen LogP contribution in [0.3, 0.4) is 0 Å². The van der Waals surface area contributed by atoms with Crippen molar-refractivity contribution in [3.8, 4) is 11.5 Å². The second kappa shape index (κ2) is 9.65. The van der Waals surface area contributed by atoms with E-state index in [9.17, 15) is 4.79 Å². The van der Waals surface area contributed by atoms with Gasteiger partial charge in [-0.15, -0.1) is 0 Å². The molecule has 0 bridgehead atoms. The molecule has 1 fully saturated rings. The summed E-state index contributed by atoms with van der Waals surface area (Å²) in [5, 5.41) is 3.45. The van der Waals surface area contributed by atoms with Crippen LogP contribution in [0.5, 0.6) is 11.5 Å². The second-order valence-corrected chi connectivity index (χ2v) is 7.74. The van der Waals surface area contributed by atoms with Gasteiger partial charge in [-0.25, -0.2) is 4.99 Å². The van der Waals surface area contributed by atoms with Gasteiger partial charge in [0.15, 0.2) is 16.7 Å². The Labute approximate surface area is 176 Å². The molecule has 1 amide bonds. The zero-order valence-electron chi connectivity index (χ0n) is 17.2. The number of amidine groups is 1. The molecule has 0 aliphatic carbocycles. The van der Waals surface area contributed by atoms with Crippen LogP contribution in [-0.2, 0) is 4.79 Å². The number of rotatable bonds is 7. The van der Waals surface area contributed by atoms with E-state index in [1.165, 1.54) is 11.8 Å². The van der Waals surface area contributed by atoms with Crippen LogP contribution in [0.1, 0.15) is 37.0 Å². The minimum atomic E-state index is -0.149. The Morgan fingerprint density at radius 3 is 2.52 bits per heavy atom. The van der Waals surface area contributed by atoms with Crippen molar-refractivity contribution >= 4 is 34.6 Å². The number of hydrogen-bond acceptors (Lipinski definition) is 5. The van der Waals surface area contributed by atoms with E-state index in [1.54, 1.807) is 0 Å². The second-order valence-electron chi connectivity index (χ2n) is 6.71. The number of carbonyl (C=O) groups is 1. The summed E-state index contributed by atoms with van der Waals surface area (Å²) in [5.74, 6) is 1.25. The lowest BCUT2D eigenvalue weighted by Gasteiger charge is -2.12. The number of thioether (sulfide) groups is 1. The van der Waals surface area contributed by atoms with Gasteiger partial charge in [-0.2, -0.15) is 0 Å². The van der Waals surface area contributed by atoms with Crippen molar-refractivity contribution in [1.82, 2.24) is 5.32 Å². The Hall–Kier alpha value is -2.73. The largest absolute Gasteiger partial charge is 0.490 e. The highest BCUT2D eigenvalue weighted by atomic mass is 32.2. The maximum Gasteiger partial charge on any atom is 0.264 e. The average molecular weight is 411 g/mol. The van der Waals surface area contributed by atoms with Crippen LogP contribution < -0.4 is 14.8 Å². The summed E-state index contributed by atoms with van der Waals surface area (Å²) in [4.78, 5) is 17.7. The summed E-state index contributed by atoms with van der Waals surface area (Å²) in [6.07, 6.45) is 2.77. The molecule has 1 saturated heterocycles. The van der Waals surface area contributed by atoms with E-state index in [0.717, 1.165) is 34.5 Å². The Kier molecular flexibility index (Phi) is 6.99. The topological polar surface area (TPSA) is 59.9 Å². The summed E-state index contributed by atoms with van der Waals surface area (Å²) in [5.41, 5.74) is 3.93. The number of aliphatic imine (C=N–C) groups is 1. The quantitative estimate of drug-likeness (QED) is 0.622. The van der Waals surface area contributed by atoms with Gasteiger partial charge in [-0.3, -0.25) is 4.79 Å². The number of para-hydroxylation sites is 1. The van der Waals surface area contributed by atoms with Gasteiger partial charge in [0, 0.05) is 0 Å². The molecule has 3 rings (SSSR count). The third kappa shape index (κ3) is 5.21. The molecule has 0 unspecified atom stereocenters. The van der Waals surface area contributed by atoms with E-state index in [1.807, 2.05) is 63.2 Å². The first-order valence-electron chi connectivity index (χ1n) is 9.77. The number of benzene rings is 2. The van der Waals surface area contributed by atoms with Crippen molar-refractivity contribution in [3.05, 3.63) is 58.0 Å². The van der Waals surface area contributed by atoms with Crippen LogP contribution in [0.4, 0.5) is 5.69 Å². The van der Waals surface area contributed by atoms with E-state index in [0.29, 0.717) is 29.0 Å². The van der Waals surface area contributed by atoms with Crippen molar-refractivity contribution < 1.29 is 14.3 Å². The Morgan fingerprint density at radius 1 is 1.07 bits per heavy atom. The molecule has 1 aliphatic rings. The number of nitrogens with zero attached hydrogens (tertiary/aromatic N) is 1. The van der Waals surface area contributed by atoms with Crippen molar-refractivity contribution in [2.24, 2.45) is 4.99 Å². The molecule has 1 heterocycles. The minimum Gasteiger partial charge on any atom is -0.490 e. The molecule has 0 spiro atoms. The van der Waals surface area contributed by atoms with Crippen molar-refractivity contribution in [3.63, 3.8) is 0 Å². The summed E-state index contributed by atoms with van der Waals surface area (Å²) in [7, 11) is 0. The predicted octanol–water partition coefficient (Wildman–Crippen LogP) is 5.38. The molecule has 1 aliphatic heterocycles. The molecule has 0 aromatic heterocycles. The third-order valence-corrected chi connectivity index (χ3v) is 5.24. The van der Waals surface area contributed by atoms with Crippen molar-refractivity contribution in [2.45, 2.75) is 34.1 Å². The van der Waals surface area contributed by atoms with Gasteiger partial charge in [0.05, 0.1) is 23.8 Å². The number of aryl methyl sites for hydroxylation is 2. The maximum atomic E-state index is 12.4. The number of nitrogens with one attached hydrogen (secondary N) is 1. The van der Waals surface area contributed by atoms with Crippen LogP contribution >= 0.6 is 11.8 Å². The molecule has 29 heavy (non-hydrogen) atoms. The summed E-state index contributed by atoms with van der Waals surface area (Å²) < 4.78 is 11.4. The molecule has 6 heteroatoms. The highest BCUT2D eigenvalue weighted by molar-refractivity contribution is 8.18. The number of amides is 1. The number of ether oxygens (including phenoxy) is 2. The predicted molar refractivity (Wildman–Crippen MR) is 120 cm³/mol. The average Bonchev–Trinajstić information content (AvgIpc) is 3.03. The van der Waals surface area contributed by atoms with Crippen LogP contribution in [-0.4, -0.2) is 24.3 Å². The van der Waals surface area contributed by atoms with Gasteiger partial charge in [-0.05, 0) is 73.9 Å². The fraction of sp³-hybridized carbons (Fsp3) is 0.304. The molecule has 0 radical (unpaired) electrons. The van der Waals surface area contributed by atoms with Gasteiger partial charge in [-0.1, -0.05) is 31.2 Å². The first-order chi connectivity index (χ1) is 14.0. The minimum absolute atomic E-state index is 0.149. The number of carbonyl (C=O) groups excluding carboxylic acids is 1. The zero-order valence-corrected chi connectivity index (χ0v) is 18.1. The summed E-state index contributed by atoms with van der Waals surface area (Å²) >= 11 is 1.34. The fourth-order valence-corrected chi connectivity index (χ4v) is 3.76. The van der Waals surface area contributed by atoms with Gasteiger partial charge in [0.25, 0.3) is 5.91 Å². The smallest absolute Gasteiger partial charge is 0.264 e. The number of hydrogen-bond donors (Lipinski definition) is 1. The molecule has 1 N–H and O–H groups in total. The Morgan fingerprint density at radius 2 is 1.83 bits per heavy atom. The van der Waals surface area contributed by atoms with Crippen LogP contribution in [0.2, 0.25) is 0 Å². The molecule has 152 valence electrons. The standard InChI is InChI=1S/C23H26N2O3S/c1-5-12-28-18-11-10-17(13-19(18)27-6-2)14-20-22(26)25-23(29-20)24-21-15(3)8-7-9-16(21)4/h7-11,13-14H,5-6,12H2,1-4H3,(H,24,25,26)/b20-14-. The SMILES string of the molecule is CCCOc1ccc(/C=C2\SC(=Nc3c(C)cccc3C)NC2=O)cc1OCC. The normalized spacial score (nSPS) is 16.3. The van der Waals surface area contributed by atoms with Crippen molar-refractivity contribution in [2.75, 3.05) is 13.2 Å². The lowest BCUT2D eigenvalue weighted by Crippen LogP contribution is -2.19. The summed E-state index contributed by atoms with van der Waals surface area (Å²) in [6, 6.07) is 11.7. The molecular weight excluding hydrogens is 384 g/mol. The van der Waals surface area contributed by atoms with E-state index in [4.69, 9.17) is 9.47 Å². The van der Waals surface area contributed by atoms with Crippen LogP contribution in [0.25, 0.3) is 6.08 Å². The Balaban J connectivity index is 1.84. The van der Waals surface area contributed by atoms with Gasteiger partial charge >= 0.3 is 0 Å². The molecule has 2 aromatic carbocycles. The maximum absolute atomic E-state index is 12.4. The van der Waals surface area contributed by atoms with Crippen molar-refractivity contribution in [1.29, 1.82) is 0 Å². The van der Waals surface area contributed by atoms with Gasteiger partial charge in [0.2, 0.25) is 0 Å². The lowest BCUT2D eigenvalue weighted by atomic mass is 10.1. The summed E-state index contributed by atoms with van der Waals surface area (Å²) in [6.45, 7) is 9.21. The van der Waals surface area contributed by atoms with E-state index >= 15 is 0 Å². The molecule has 0 atom stereocenters. The Bertz CT molecular complexity index is 946. The molecular formula is C23H26N2O3S. The monoisotopic (exact) mass is 410 g/mol. The first-order valence-corrected chi connectivity index (χ1v) is 10.6. The lowest BCUT2D eigenvalue weighted by molar-refractivity contribution is -0.115. The van der Waals surface area contributed by atoms with Gasteiger partial charge in [0.1, 0.15) is 0 Å². The van der Waals surface area contributed by atoms with E-state index < -0.39 is 0 Å².